The van der Waals surface area contributed by atoms with Crippen LogP contribution in [0.25, 0.3) is 11.0 Å². The molecule has 172 valence electrons. The maximum atomic E-state index is 13.1. The molecule has 3 aromatic rings. The average Bonchev–Trinajstić information content (AvgIpc) is 3.59. The second-order valence-electron chi connectivity index (χ2n) is 9.13. The summed E-state index contributed by atoms with van der Waals surface area (Å²) in [5.74, 6) is 1.35. The van der Waals surface area contributed by atoms with E-state index in [-0.39, 0.29) is 24.5 Å². The predicted octanol–water partition coefficient (Wildman–Crippen LogP) is 3.16. The highest BCUT2D eigenvalue weighted by Gasteiger charge is 2.32. The summed E-state index contributed by atoms with van der Waals surface area (Å²) in [6, 6.07) is 17.8. The summed E-state index contributed by atoms with van der Waals surface area (Å²) in [6.45, 7) is 2.29. The first-order valence-corrected chi connectivity index (χ1v) is 11.8. The van der Waals surface area contributed by atoms with E-state index in [4.69, 9.17) is 4.74 Å². The Morgan fingerprint density at radius 2 is 1.85 bits per heavy atom. The van der Waals surface area contributed by atoms with Gasteiger partial charge in [0.2, 0.25) is 11.8 Å². The summed E-state index contributed by atoms with van der Waals surface area (Å²) in [6.07, 6.45) is 3.07. The van der Waals surface area contributed by atoms with Gasteiger partial charge in [0.15, 0.2) is 0 Å². The zero-order chi connectivity index (χ0) is 22.6. The summed E-state index contributed by atoms with van der Waals surface area (Å²) >= 11 is 0. The highest BCUT2D eigenvalue weighted by Crippen LogP contribution is 2.29. The van der Waals surface area contributed by atoms with E-state index in [9.17, 15) is 9.59 Å². The zero-order valence-corrected chi connectivity index (χ0v) is 18.8. The van der Waals surface area contributed by atoms with E-state index >= 15 is 0 Å². The second-order valence-corrected chi connectivity index (χ2v) is 9.13. The average molecular weight is 447 g/mol. The number of imidazole rings is 1. The van der Waals surface area contributed by atoms with Gasteiger partial charge in [0.05, 0.1) is 23.7 Å². The van der Waals surface area contributed by atoms with Crippen molar-refractivity contribution >= 4 is 22.8 Å². The molecule has 1 unspecified atom stereocenters. The Labute approximate surface area is 193 Å². The first-order chi connectivity index (χ1) is 16.1. The van der Waals surface area contributed by atoms with Crippen molar-refractivity contribution in [3.8, 4) is 0 Å². The lowest BCUT2D eigenvalue weighted by Gasteiger charge is -2.25. The number of carbonyl (C=O) groups is 2. The van der Waals surface area contributed by atoms with Gasteiger partial charge in [-0.05, 0) is 36.5 Å². The lowest BCUT2D eigenvalue weighted by atomic mass is 10.2. The number of aromatic nitrogens is 2. The number of rotatable bonds is 8. The van der Waals surface area contributed by atoms with Crippen LogP contribution in [-0.2, 0) is 27.3 Å². The fourth-order valence-corrected chi connectivity index (χ4v) is 4.30. The minimum Gasteiger partial charge on any atom is -0.374 e. The molecule has 1 aromatic heterocycles. The summed E-state index contributed by atoms with van der Waals surface area (Å²) in [7, 11) is 0. The van der Waals surface area contributed by atoms with Crippen LogP contribution in [0.4, 0.5) is 0 Å². The van der Waals surface area contributed by atoms with Crippen molar-refractivity contribution in [2.75, 3.05) is 26.2 Å². The summed E-state index contributed by atoms with van der Waals surface area (Å²) in [5.41, 5.74) is 2.95. The fraction of sp³-hybridized carbons (Fsp3) is 0.423. The number of aryl methyl sites for hydroxylation is 1. The summed E-state index contributed by atoms with van der Waals surface area (Å²) < 4.78 is 6.18. The van der Waals surface area contributed by atoms with E-state index in [1.807, 2.05) is 59.5 Å². The van der Waals surface area contributed by atoms with Crippen molar-refractivity contribution in [3.05, 3.63) is 66.0 Å². The minimum absolute atomic E-state index is 0.0338. The summed E-state index contributed by atoms with van der Waals surface area (Å²) in [5, 5.41) is 0. The van der Waals surface area contributed by atoms with Crippen LogP contribution >= 0.6 is 0 Å². The number of nitrogens with zero attached hydrogens (tertiary/aromatic N) is 3. The number of carbonyl (C=O) groups excluding carboxylic acids is 2. The maximum Gasteiger partial charge on any atom is 0.242 e. The lowest BCUT2D eigenvalue weighted by molar-refractivity contribution is -0.139. The number of fused-ring (bicyclic) bond motifs is 1. The standard InChI is InChI=1S/C26H30N4O3/c31-25(13-12-24-27-22-8-4-5-9-23(22)28-24)30-16-21(33-18-20-10-11-20)15-29(26(32)17-30)14-19-6-2-1-3-7-19/h1-9,20-21H,10-18H2,(H,27,28). The molecule has 2 aromatic carbocycles. The number of hydrogen-bond donors (Lipinski definition) is 1. The molecule has 0 spiro atoms. The molecule has 0 bridgehead atoms. The van der Waals surface area contributed by atoms with Crippen LogP contribution < -0.4 is 0 Å². The van der Waals surface area contributed by atoms with Crippen LogP contribution in [-0.4, -0.2) is 63.9 Å². The Balaban J connectivity index is 1.25. The molecule has 7 nitrogen and oxygen atoms in total. The molecular weight excluding hydrogens is 416 g/mol. The fourth-order valence-electron chi connectivity index (χ4n) is 4.30. The predicted molar refractivity (Wildman–Crippen MR) is 125 cm³/mol. The van der Waals surface area contributed by atoms with E-state index in [1.54, 1.807) is 4.90 Å². The van der Waals surface area contributed by atoms with Crippen molar-refractivity contribution in [1.29, 1.82) is 0 Å². The van der Waals surface area contributed by atoms with E-state index < -0.39 is 0 Å². The Kier molecular flexibility index (Phi) is 6.39. The molecule has 1 N–H and O–H groups in total. The number of ether oxygens (including phenoxy) is 1. The normalized spacial score (nSPS) is 19.2. The van der Waals surface area contributed by atoms with Crippen LogP contribution in [0.2, 0.25) is 0 Å². The van der Waals surface area contributed by atoms with Crippen LogP contribution in [0, 0.1) is 5.92 Å². The smallest absolute Gasteiger partial charge is 0.242 e. The molecule has 1 aliphatic heterocycles. The van der Waals surface area contributed by atoms with Gasteiger partial charge in [0, 0.05) is 39.1 Å². The van der Waals surface area contributed by atoms with Gasteiger partial charge in [0.25, 0.3) is 0 Å². The topological polar surface area (TPSA) is 78.5 Å². The molecule has 2 heterocycles. The quantitative estimate of drug-likeness (QED) is 0.577. The maximum absolute atomic E-state index is 13.1. The molecule has 33 heavy (non-hydrogen) atoms. The Hall–Kier alpha value is -3.19. The van der Waals surface area contributed by atoms with E-state index in [1.165, 1.54) is 12.8 Å². The van der Waals surface area contributed by atoms with Gasteiger partial charge in [-0.25, -0.2) is 4.98 Å². The molecule has 0 radical (unpaired) electrons. The van der Waals surface area contributed by atoms with Crippen LogP contribution in [0.5, 0.6) is 0 Å². The monoisotopic (exact) mass is 446 g/mol. The Morgan fingerprint density at radius 1 is 1.06 bits per heavy atom. The van der Waals surface area contributed by atoms with Crippen LogP contribution in [0.15, 0.2) is 54.6 Å². The van der Waals surface area contributed by atoms with Crippen LogP contribution in [0.1, 0.15) is 30.7 Å². The van der Waals surface area contributed by atoms with Crippen molar-refractivity contribution in [2.24, 2.45) is 5.92 Å². The third-order valence-corrected chi connectivity index (χ3v) is 6.37. The van der Waals surface area contributed by atoms with Crippen molar-refractivity contribution in [3.63, 3.8) is 0 Å². The zero-order valence-electron chi connectivity index (χ0n) is 18.8. The van der Waals surface area contributed by atoms with Crippen molar-refractivity contribution < 1.29 is 14.3 Å². The Morgan fingerprint density at radius 3 is 2.64 bits per heavy atom. The number of nitrogens with one attached hydrogen (secondary N) is 1. The van der Waals surface area contributed by atoms with Crippen molar-refractivity contribution in [1.82, 2.24) is 19.8 Å². The highest BCUT2D eigenvalue weighted by molar-refractivity contribution is 5.85. The molecule has 1 aliphatic carbocycles. The highest BCUT2D eigenvalue weighted by atomic mass is 16.5. The van der Waals surface area contributed by atoms with E-state index in [0.29, 0.717) is 45.0 Å². The number of para-hydroxylation sites is 2. The minimum atomic E-state index is -0.170. The number of amides is 2. The van der Waals surface area contributed by atoms with Gasteiger partial charge in [-0.3, -0.25) is 9.59 Å². The molecule has 1 saturated heterocycles. The van der Waals surface area contributed by atoms with Gasteiger partial charge in [0.1, 0.15) is 5.82 Å². The molecule has 2 fully saturated rings. The first-order valence-electron chi connectivity index (χ1n) is 11.8. The molecule has 5 rings (SSSR count). The molecule has 1 atom stereocenters. The number of aromatic amines is 1. The van der Waals surface area contributed by atoms with Gasteiger partial charge in [-0.1, -0.05) is 42.5 Å². The summed E-state index contributed by atoms with van der Waals surface area (Å²) in [4.78, 5) is 37.5. The van der Waals surface area contributed by atoms with Gasteiger partial charge < -0.3 is 19.5 Å². The molecule has 7 heteroatoms. The number of hydrogen-bond acceptors (Lipinski definition) is 4. The lowest BCUT2D eigenvalue weighted by Crippen LogP contribution is -2.40. The van der Waals surface area contributed by atoms with Crippen molar-refractivity contribution in [2.45, 2.75) is 38.3 Å². The molecule has 1 saturated carbocycles. The van der Waals surface area contributed by atoms with Gasteiger partial charge in [-0.15, -0.1) is 0 Å². The first kappa shape index (κ1) is 21.6. The third kappa shape index (κ3) is 5.60. The van der Waals surface area contributed by atoms with E-state index in [0.717, 1.165) is 22.4 Å². The van der Waals surface area contributed by atoms with E-state index in [2.05, 4.69) is 9.97 Å². The Bertz CT molecular complexity index is 1080. The number of H-pyrrole nitrogens is 1. The number of benzene rings is 2. The molecule has 2 aliphatic rings. The SMILES string of the molecule is O=C(CCc1nc2ccccc2[nH]1)N1CC(=O)N(Cc2ccccc2)CC(OCC2CC2)C1. The third-order valence-electron chi connectivity index (χ3n) is 6.37. The molecular formula is C26H30N4O3. The second kappa shape index (κ2) is 9.75. The van der Waals surface area contributed by atoms with Gasteiger partial charge >= 0.3 is 0 Å². The van der Waals surface area contributed by atoms with Crippen LogP contribution in [0.3, 0.4) is 0 Å². The largest absolute Gasteiger partial charge is 0.374 e. The van der Waals surface area contributed by atoms with Gasteiger partial charge in [-0.2, -0.15) is 0 Å². The molecule has 2 amide bonds.